The SMILES string of the molecule is CCCONc1cccc(C(=O)O)c1[N+](=O)[O-]. The number of para-hydroxylation sites is 1. The predicted molar refractivity (Wildman–Crippen MR) is 59.9 cm³/mol. The first-order chi connectivity index (χ1) is 8.07. The van der Waals surface area contributed by atoms with E-state index in [1.807, 2.05) is 6.92 Å². The minimum absolute atomic E-state index is 0.0309. The van der Waals surface area contributed by atoms with E-state index in [0.29, 0.717) is 6.61 Å². The summed E-state index contributed by atoms with van der Waals surface area (Å²) in [6, 6.07) is 3.97. The summed E-state index contributed by atoms with van der Waals surface area (Å²) in [5, 5.41) is 19.7. The van der Waals surface area contributed by atoms with Crippen LogP contribution in [0.3, 0.4) is 0 Å². The fraction of sp³-hybridized carbons (Fsp3) is 0.300. The average molecular weight is 240 g/mol. The number of anilines is 1. The van der Waals surface area contributed by atoms with E-state index in [9.17, 15) is 14.9 Å². The van der Waals surface area contributed by atoms with Crippen molar-refractivity contribution in [2.45, 2.75) is 13.3 Å². The Hall–Kier alpha value is -2.15. The minimum Gasteiger partial charge on any atom is -0.477 e. The summed E-state index contributed by atoms with van der Waals surface area (Å²) < 4.78 is 0. The van der Waals surface area contributed by atoms with E-state index in [4.69, 9.17) is 9.94 Å². The molecule has 0 aliphatic carbocycles. The summed E-state index contributed by atoms with van der Waals surface area (Å²) in [4.78, 5) is 25.9. The number of aromatic carboxylic acids is 1. The van der Waals surface area contributed by atoms with Crippen molar-refractivity contribution in [2.75, 3.05) is 12.1 Å². The minimum atomic E-state index is -1.35. The molecule has 0 saturated heterocycles. The highest BCUT2D eigenvalue weighted by molar-refractivity contribution is 5.95. The number of carboxylic acids is 1. The summed E-state index contributed by atoms with van der Waals surface area (Å²) in [5.74, 6) is -1.35. The quantitative estimate of drug-likeness (QED) is 0.448. The average Bonchev–Trinajstić information content (AvgIpc) is 2.28. The topological polar surface area (TPSA) is 102 Å². The Kier molecular flexibility index (Phi) is 4.41. The van der Waals surface area contributed by atoms with Gasteiger partial charge in [0.05, 0.1) is 11.5 Å². The molecular weight excluding hydrogens is 228 g/mol. The van der Waals surface area contributed by atoms with Gasteiger partial charge in [-0.15, -0.1) is 0 Å². The van der Waals surface area contributed by atoms with Gasteiger partial charge in [-0.25, -0.2) is 4.79 Å². The molecule has 7 heteroatoms. The molecule has 0 fully saturated rings. The van der Waals surface area contributed by atoms with Gasteiger partial charge in [-0.05, 0) is 18.6 Å². The zero-order valence-corrected chi connectivity index (χ0v) is 9.17. The molecule has 1 aromatic carbocycles. The number of hydrogen-bond donors (Lipinski definition) is 2. The zero-order chi connectivity index (χ0) is 12.8. The lowest BCUT2D eigenvalue weighted by molar-refractivity contribution is -0.384. The molecule has 1 aromatic rings. The largest absolute Gasteiger partial charge is 0.477 e. The van der Waals surface area contributed by atoms with Gasteiger partial charge in [-0.3, -0.25) is 20.4 Å². The van der Waals surface area contributed by atoms with Crippen molar-refractivity contribution in [2.24, 2.45) is 0 Å². The molecule has 92 valence electrons. The molecule has 0 radical (unpaired) electrons. The predicted octanol–water partition coefficient (Wildman–Crippen LogP) is 2.05. The summed E-state index contributed by atoms with van der Waals surface area (Å²) in [7, 11) is 0. The van der Waals surface area contributed by atoms with E-state index in [1.165, 1.54) is 18.2 Å². The van der Waals surface area contributed by atoms with Crippen LogP contribution in [0.2, 0.25) is 0 Å². The maximum absolute atomic E-state index is 10.8. The smallest absolute Gasteiger partial charge is 0.342 e. The first-order valence-electron chi connectivity index (χ1n) is 4.96. The van der Waals surface area contributed by atoms with Crippen LogP contribution in [0.4, 0.5) is 11.4 Å². The van der Waals surface area contributed by atoms with Gasteiger partial charge >= 0.3 is 11.7 Å². The fourth-order valence-electron chi connectivity index (χ4n) is 1.23. The van der Waals surface area contributed by atoms with Crippen molar-refractivity contribution in [3.63, 3.8) is 0 Å². The number of nitro benzene ring substituents is 1. The van der Waals surface area contributed by atoms with Crippen molar-refractivity contribution in [3.05, 3.63) is 33.9 Å². The number of hydrogen-bond acceptors (Lipinski definition) is 5. The molecule has 0 heterocycles. The van der Waals surface area contributed by atoms with Gasteiger partial charge in [-0.2, -0.15) is 0 Å². The molecule has 0 unspecified atom stereocenters. The van der Waals surface area contributed by atoms with Crippen molar-refractivity contribution in [1.82, 2.24) is 0 Å². The number of carboxylic acid groups (broad SMARTS) is 1. The Balaban J connectivity index is 3.07. The van der Waals surface area contributed by atoms with Crippen LogP contribution >= 0.6 is 0 Å². The molecule has 0 aromatic heterocycles. The molecule has 0 spiro atoms. The number of carbonyl (C=O) groups is 1. The van der Waals surface area contributed by atoms with Crippen LogP contribution in [0.5, 0.6) is 0 Å². The fourth-order valence-corrected chi connectivity index (χ4v) is 1.23. The van der Waals surface area contributed by atoms with E-state index in [2.05, 4.69) is 5.48 Å². The zero-order valence-electron chi connectivity index (χ0n) is 9.17. The van der Waals surface area contributed by atoms with Crippen LogP contribution in [0, 0.1) is 10.1 Å². The van der Waals surface area contributed by atoms with Gasteiger partial charge in [0.1, 0.15) is 11.3 Å². The number of benzene rings is 1. The van der Waals surface area contributed by atoms with Gasteiger partial charge in [0, 0.05) is 0 Å². The van der Waals surface area contributed by atoms with Crippen LogP contribution in [0.15, 0.2) is 18.2 Å². The molecular formula is C10H12N2O5. The van der Waals surface area contributed by atoms with Crippen molar-refractivity contribution in [3.8, 4) is 0 Å². The second-order valence-corrected chi connectivity index (χ2v) is 3.21. The van der Waals surface area contributed by atoms with Gasteiger partial charge in [0.15, 0.2) is 0 Å². The van der Waals surface area contributed by atoms with Crippen molar-refractivity contribution in [1.29, 1.82) is 0 Å². The first-order valence-corrected chi connectivity index (χ1v) is 4.96. The number of nitro groups is 1. The van der Waals surface area contributed by atoms with Crippen LogP contribution in [0.1, 0.15) is 23.7 Å². The molecule has 2 N–H and O–H groups in total. The summed E-state index contributed by atoms with van der Waals surface area (Å²) >= 11 is 0. The molecule has 17 heavy (non-hydrogen) atoms. The highest BCUT2D eigenvalue weighted by Gasteiger charge is 2.24. The maximum atomic E-state index is 10.8. The van der Waals surface area contributed by atoms with Crippen LogP contribution < -0.4 is 5.48 Å². The van der Waals surface area contributed by atoms with E-state index in [0.717, 1.165) is 6.42 Å². The number of nitrogens with one attached hydrogen (secondary N) is 1. The lowest BCUT2D eigenvalue weighted by atomic mass is 10.1. The molecule has 0 aliphatic rings. The molecule has 0 atom stereocenters. The van der Waals surface area contributed by atoms with Gasteiger partial charge < -0.3 is 5.11 Å². The summed E-state index contributed by atoms with van der Waals surface area (Å²) in [6.45, 7) is 2.25. The molecule has 1 rings (SSSR count). The second-order valence-electron chi connectivity index (χ2n) is 3.21. The van der Waals surface area contributed by atoms with E-state index in [1.54, 1.807) is 0 Å². The van der Waals surface area contributed by atoms with Gasteiger partial charge in [-0.1, -0.05) is 13.0 Å². The normalized spacial score (nSPS) is 9.94. The van der Waals surface area contributed by atoms with Crippen molar-refractivity contribution < 1.29 is 19.7 Å². The van der Waals surface area contributed by atoms with Crippen LogP contribution in [0.25, 0.3) is 0 Å². The second kappa shape index (κ2) is 5.80. The first kappa shape index (κ1) is 12.9. The lowest BCUT2D eigenvalue weighted by Crippen LogP contribution is -2.08. The van der Waals surface area contributed by atoms with E-state index < -0.39 is 16.6 Å². The Labute approximate surface area is 97.1 Å². The summed E-state index contributed by atoms with van der Waals surface area (Å²) in [6.07, 6.45) is 0.736. The molecule has 0 amide bonds. The Morgan fingerprint density at radius 2 is 2.29 bits per heavy atom. The monoisotopic (exact) mass is 240 g/mol. The van der Waals surface area contributed by atoms with E-state index >= 15 is 0 Å². The maximum Gasteiger partial charge on any atom is 0.342 e. The third-order valence-electron chi connectivity index (χ3n) is 1.94. The summed E-state index contributed by atoms with van der Waals surface area (Å²) in [5.41, 5.74) is 1.54. The van der Waals surface area contributed by atoms with E-state index in [-0.39, 0.29) is 11.3 Å². The van der Waals surface area contributed by atoms with Crippen LogP contribution in [-0.2, 0) is 4.84 Å². The molecule has 0 aliphatic heterocycles. The third-order valence-corrected chi connectivity index (χ3v) is 1.94. The standard InChI is InChI=1S/C10H12N2O5/c1-2-6-17-11-8-5-3-4-7(10(13)14)9(8)12(15)16/h3-5,11H,2,6H2,1H3,(H,13,14). The molecule has 0 saturated carbocycles. The Bertz CT molecular complexity index is 433. The molecule has 0 bridgehead atoms. The Morgan fingerprint density at radius 1 is 1.59 bits per heavy atom. The molecule has 7 nitrogen and oxygen atoms in total. The third kappa shape index (κ3) is 3.15. The number of rotatable bonds is 6. The van der Waals surface area contributed by atoms with Gasteiger partial charge in [0.2, 0.25) is 0 Å². The highest BCUT2D eigenvalue weighted by Crippen LogP contribution is 2.28. The Morgan fingerprint density at radius 3 is 2.82 bits per heavy atom. The lowest BCUT2D eigenvalue weighted by Gasteiger charge is -2.07. The van der Waals surface area contributed by atoms with Crippen molar-refractivity contribution >= 4 is 17.3 Å². The number of nitrogens with zero attached hydrogens (tertiary/aromatic N) is 1. The highest BCUT2D eigenvalue weighted by atomic mass is 16.6. The van der Waals surface area contributed by atoms with Gasteiger partial charge in [0.25, 0.3) is 0 Å². The van der Waals surface area contributed by atoms with Crippen LogP contribution in [-0.4, -0.2) is 22.6 Å².